The van der Waals surface area contributed by atoms with Crippen LogP contribution in [0.5, 0.6) is 0 Å². The molecule has 4 saturated carbocycles. The van der Waals surface area contributed by atoms with Gasteiger partial charge in [0.25, 0.3) is 0 Å². The second kappa shape index (κ2) is 11.6. The normalized spacial score (nSPS) is 42.1. The Hall–Kier alpha value is -1.39. The maximum atomic E-state index is 13.1. The summed E-state index contributed by atoms with van der Waals surface area (Å²) in [7, 11) is 3.74. The summed E-state index contributed by atoms with van der Waals surface area (Å²) in [6, 6.07) is 8.48. The zero-order chi connectivity index (χ0) is 28.9. The number of rotatable bonds is 8. The Morgan fingerprint density at radius 2 is 1.80 bits per heavy atom. The van der Waals surface area contributed by atoms with Crippen LogP contribution in [0, 0.1) is 59.2 Å². The van der Waals surface area contributed by atoms with Gasteiger partial charge in [-0.3, -0.25) is 4.79 Å². The van der Waals surface area contributed by atoms with Gasteiger partial charge in [-0.15, -0.1) is 0 Å². The molecule has 0 bridgehead atoms. The highest BCUT2D eigenvalue weighted by molar-refractivity contribution is 5.78. The van der Waals surface area contributed by atoms with Gasteiger partial charge in [-0.2, -0.15) is 0 Å². The number of hydrogen-bond donors (Lipinski definition) is 0. The second-order valence-electron chi connectivity index (χ2n) is 15.8. The summed E-state index contributed by atoms with van der Waals surface area (Å²) in [6.07, 6.45) is 15.4. The van der Waals surface area contributed by atoms with Crippen molar-refractivity contribution in [3.8, 4) is 0 Å². The molecule has 1 aromatic carbocycles. The Kier molecular flexibility index (Phi) is 8.40. The van der Waals surface area contributed by atoms with Crippen molar-refractivity contribution in [1.29, 1.82) is 0 Å². The van der Waals surface area contributed by atoms with Crippen LogP contribution in [0.4, 0.5) is 0 Å². The maximum absolute atomic E-state index is 13.1. The number of hydrogen-bond acceptors (Lipinski definition) is 3. The minimum Gasteiger partial charge on any atom is -0.376 e. The quantitative estimate of drug-likeness (QED) is 0.321. The number of nitrogens with zero attached hydrogens (tertiary/aromatic N) is 1. The molecular weight excluding hydrogens is 506 g/mol. The molecule has 1 amide bonds. The summed E-state index contributed by atoms with van der Waals surface area (Å²) < 4.78 is 13.1. The van der Waals surface area contributed by atoms with Crippen molar-refractivity contribution in [1.82, 2.24) is 4.90 Å². The fourth-order valence-corrected chi connectivity index (χ4v) is 11.3. The maximum Gasteiger partial charge on any atom is 0.227 e. The van der Waals surface area contributed by atoms with E-state index >= 15 is 0 Å². The molecule has 1 aromatic rings. The van der Waals surface area contributed by atoms with E-state index in [9.17, 15) is 4.79 Å². The van der Waals surface area contributed by atoms with Crippen LogP contribution in [0.15, 0.2) is 24.3 Å². The first-order valence-electron chi connectivity index (χ1n) is 17.1. The van der Waals surface area contributed by atoms with E-state index in [1.165, 1.54) is 63.4 Å². The number of benzene rings is 1. The van der Waals surface area contributed by atoms with Crippen LogP contribution in [0.3, 0.4) is 0 Å². The van der Waals surface area contributed by atoms with Crippen molar-refractivity contribution in [3.63, 3.8) is 0 Å². The molecule has 4 nitrogen and oxygen atoms in total. The average molecular weight is 564 g/mol. The van der Waals surface area contributed by atoms with Gasteiger partial charge in [-0.1, -0.05) is 63.4 Å². The Morgan fingerprint density at radius 3 is 2.56 bits per heavy atom. The second-order valence-corrected chi connectivity index (χ2v) is 15.8. The number of fused-ring (bicyclic) bond motifs is 7. The minimum absolute atomic E-state index is 0.114. The van der Waals surface area contributed by atoms with Crippen LogP contribution in [0.1, 0.15) is 103 Å². The molecule has 0 spiro atoms. The molecule has 1 aliphatic heterocycles. The van der Waals surface area contributed by atoms with E-state index in [2.05, 4.69) is 52.0 Å². The molecule has 4 aliphatic carbocycles. The third kappa shape index (κ3) is 5.32. The van der Waals surface area contributed by atoms with Crippen molar-refractivity contribution in [2.45, 2.75) is 117 Å². The van der Waals surface area contributed by atoms with Crippen molar-refractivity contribution in [2.24, 2.45) is 52.3 Å². The van der Waals surface area contributed by atoms with Crippen molar-refractivity contribution in [3.05, 3.63) is 35.4 Å². The Balaban J connectivity index is 1.08. The minimum atomic E-state index is -0.114. The lowest BCUT2D eigenvalue weighted by molar-refractivity contribution is -0.136. The molecule has 4 heteroatoms. The topological polar surface area (TPSA) is 38.8 Å². The van der Waals surface area contributed by atoms with Gasteiger partial charge in [-0.25, -0.2) is 0 Å². The van der Waals surface area contributed by atoms with E-state index in [4.69, 9.17) is 9.47 Å². The average Bonchev–Trinajstić information content (AvgIpc) is 3.43. The highest BCUT2D eigenvalue weighted by Crippen LogP contribution is 2.70. The fraction of sp³-hybridized carbons (Fsp3) is 0.811. The molecule has 0 N–H and O–H groups in total. The van der Waals surface area contributed by atoms with Gasteiger partial charge in [0.15, 0.2) is 0 Å². The smallest absolute Gasteiger partial charge is 0.227 e. The molecule has 5 fully saturated rings. The molecule has 6 rings (SSSR count). The molecular formula is C37H57NO3. The van der Waals surface area contributed by atoms with Crippen LogP contribution >= 0.6 is 0 Å². The van der Waals surface area contributed by atoms with Crippen LogP contribution in [0.25, 0.3) is 0 Å². The number of carbonyl (C=O) groups is 1. The third-order valence-electron chi connectivity index (χ3n) is 13.5. The molecule has 5 aliphatic rings. The molecule has 11 atom stereocenters. The Bertz CT molecular complexity index is 1070. The molecule has 0 aromatic heterocycles. The summed E-state index contributed by atoms with van der Waals surface area (Å²) >= 11 is 0. The van der Waals surface area contributed by atoms with Gasteiger partial charge in [-0.05, 0) is 117 Å². The van der Waals surface area contributed by atoms with E-state index in [1.807, 2.05) is 14.1 Å². The zero-order valence-corrected chi connectivity index (χ0v) is 26.9. The summed E-state index contributed by atoms with van der Waals surface area (Å²) in [5.41, 5.74) is 3.44. The number of amides is 1. The lowest BCUT2D eigenvalue weighted by Gasteiger charge is -2.60. The Labute approximate surface area is 250 Å². The van der Waals surface area contributed by atoms with Crippen LogP contribution in [0.2, 0.25) is 0 Å². The van der Waals surface area contributed by atoms with E-state index in [0.29, 0.717) is 42.0 Å². The number of carbonyl (C=O) groups excluding carboxylic acids is 1. The van der Waals surface area contributed by atoms with Gasteiger partial charge >= 0.3 is 0 Å². The van der Waals surface area contributed by atoms with Crippen LogP contribution in [-0.2, 0) is 20.9 Å². The predicted molar refractivity (Wildman–Crippen MR) is 165 cm³/mol. The van der Waals surface area contributed by atoms with Crippen LogP contribution in [-0.4, -0.2) is 43.7 Å². The van der Waals surface area contributed by atoms with E-state index in [0.717, 1.165) is 42.1 Å². The lowest BCUT2D eigenvalue weighted by Crippen LogP contribution is -2.53. The van der Waals surface area contributed by atoms with E-state index in [-0.39, 0.29) is 17.9 Å². The van der Waals surface area contributed by atoms with Crippen LogP contribution < -0.4 is 0 Å². The van der Waals surface area contributed by atoms with E-state index in [1.54, 1.807) is 4.90 Å². The number of ether oxygens (including phenoxy) is 2. The standard InChI is InChI=1S/C37H57NO3/c1-24-10-12-26(13-11-24)22-40-23-27(35(39)38(5)6)14-17-32-25(2)34-33(41-32)21-31-29-16-15-28-9-7-8-19-36(28,3)30(29)18-20-37(31,34)4/h10-13,25,27-34H,7-9,14-23H2,1-6H3/t25-,27?,28?,29-,30+,31+,32?,33+,34+,36+,37+/m1/s1. The first kappa shape index (κ1) is 29.7. The van der Waals surface area contributed by atoms with Crippen molar-refractivity contribution >= 4 is 5.91 Å². The molecule has 0 radical (unpaired) electrons. The van der Waals surface area contributed by atoms with Crippen molar-refractivity contribution in [2.75, 3.05) is 20.7 Å². The molecule has 41 heavy (non-hydrogen) atoms. The molecule has 228 valence electrons. The third-order valence-corrected chi connectivity index (χ3v) is 13.5. The highest BCUT2D eigenvalue weighted by atomic mass is 16.5. The van der Waals surface area contributed by atoms with Gasteiger partial charge in [0.1, 0.15) is 0 Å². The summed E-state index contributed by atoms with van der Waals surface area (Å²) in [4.78, 5) is 14.9. The van der Waals surface area contributed by atoms with Gasteiger partial charge in [0.2, 0.25) is 5.91 Å². The molecule has 1 heterocycles. The van der Waals surface area contributed by atoms with Gasteiger partial charge in [0, 0.05) is 14.1 Å². The van der Waals surface area contributed by atoms with Crippen molar-refractivity contribution < 1.29 is 14.3 Å². The summed E-state index contributed by atoms with van der Waals surface area (Å²) in [5, 5.41) is 0. The summed E-state index contributed by atoms with van der Waals surface area (Å²) in [6.45, 7) is 11.0. The number of aryl methyl sites for hydroxylation is 1. The first-order chi connectivity index (χ1) is 19.6. The predicted octanol–water partition coefficient (Wildman–Crippen LogP) is 8.06. The summed E-state index contributed by atoms with van der Waals surface area (Å²) in [5.74, 6) is 5.00. The lowest BCUT2D eigenvalue weighted by atomic mass is 9.44. The van der Waals surface area contributed by atoms with Gasteiger partial charge < -0.3 is 14.4 Å². The molecule has 3 unspecified atom stereocenters. The zero-order valence-electron chi connectivity index (χ0n) is 26.9. The molecule has 1 saturated heterocycles. The monoisotopic (exact) mass is 563 g/mol. The van der Waals surface area contributed by atoms with E-state index < -0.39 is 0 Å². The highest BCUT2D eigenvalue weighted by Gasteiger charge is 2.65. The van der Waals surface area contributed by atoms with Gasteiger partial charge in [0.05, 0.1) is 31.3 Å². The first-order valence-corrected chi connectivity index (χ1v) is 17.1. The SMILES string of the molecule is Cc1ccc(COCC(CCC2O[C@H]3C[C@H]4[C@@H]5CCC6CCCC[C@]6(C)[C@H]5CC[C@]4(C)[C@H]3[C@@H]2C)C(=O)N(C)C)cc1. The Morgan fingerprint density at radius 1 is 1.02 bits per heavy atom. The largest absolute Gasteiger partial charge is 0.376 e. The fourth-order valence-electron chi connectivity index (χ4n) is 11.3.